The zero-order valence-corrected chi connectivity index (χ0v) is 59.1. The second kappa shape index (κ2) is 32.8. The molecule has 100 heavy (non-hydrogen) atoms. The number of hydrogen-bond donors (Lipinski definition) is 4. The second-order valence-electron chi connectivity index (χ2n) is 24.7. The highest BCUT2D eigenvalue weighted by molar-refractivity contribution is 7.59. The number of anilines is 6. The molecule has 26 heteroatoms. The van der Waals surface area contributed by atoms with Crippen molar-refractivity contribution in [3.05, 3.63) is 165 Å². The first-order valence-corrected chi connectivity index (χ1v) is 32.5. The van der Waals surface area contributed by atoms with E-state index in [4.69, 9.17) is 43.4 Å². The van der Waals surface area contributed by atoms with E-state index in [9.17, 15) is 15.3 Å². The van der Waals surface area contributed by atoms with Crippen molar-refractivity contribution < 1.29 is 43.7 Å². The van der Waals surface area contributed by atoms with Crippen molar-refractivity contribution in [1.82, 2.24) is 64.6 Å². The molecule has 0 spiro atoms. The van der Waals surface area contributed by atoms with Gasteiger partial charge >= 0.3 is 0 Å². The average Bonchev–Trinajstić information content (AvgIpc) is 1.60. The predicted octanol–water partition coefficient (Wildman–Crippen LogP) is 11.7. The number of rotatable bonds is 24. The number of fused-ring (bicyclic) bond motifs is 3. The van der Waals surface area contributed by atoms with Crippen molar-refractivity contribution in [3.63, 3.8) is 0 Å². The van der Waals surface area contributed by atoms with Crippen LogP contribution in [0.4, 0.5) is 34.1 Å². The minimum atomic E-state index is -0.949. The number of aliphatic hydroxyl groups is 3. The summed E-state index contributed by atoms with van der Waals surface area (Å²) in [5.41, 5.74) is 14.0. The molecular formula is C74H86N16O9S. The number of benzene rings is 6. The Kier molecular flexibility index (Phi) is 23.7. The van der Waals surface area contributed by atoms with Gasteiger partial charge in [-0.3, -0.25) is 29.4 Å². The fraction of sp³-hybridized carbons (Fsp3) is 0.311. The van der Waals surface area contributed by atoms with E-state index >= 15 is 0 Å². The fourth-order valence-electron chi connectivity index (χ4n) is 11.8. The second-order valence-corrected chi connectivity index (χ2v) is 24.7. The highest BCUT2D eigenvalue weighted by Gasteiger charge is 2.25. The maximum absolute atomic E-state index is 10.6. The lowest BCUT2D eigenvalue weighted by atomic mass is 10.1. The number of ether oxygens (including phenoxy) is 6. The van der Waals surface area contributed by atoms with Crippen LogP contribution in [0.1, 0.15) is 40.0 Å². The number of aryl methyl sites for hydroxylation is 2. The Hall–Kier alpha value is -10.6. The van der Waals surface area contributed by atoms with E-state index in [0.29, 0.717) is 46.8 Å². The van der Waals surface area contributed by atoms with Gasteiger partial charge in [0, 0.05) is 157 Å². The maximum atomic E-state index is 10.6. The summed E-state index contributed by atoms with van der Waals surface area (Å²) in [4.78, 5) is 36.9. The molecule has 0 unspecified atom stereocenters. The molecule has 0 amide bonds. The monoisotopic (exact) mass is 1370 g/mol. The van der Waals surface area contributed by atoms with E-state index in [0.717, 1.165) is 121 Å². The van der Waals surface area contributed by atoms with Crippen LogP contribution in [0, 0.1) is 0 Å². The summed E-state index contributed by atoms with van der Waals surface area (Å²) in [5, 5.41) is 45.5. The molecule has 0 aliphatic carbocycles. The molecule has 4 N–H and O–H groups in total. The summed E-state index contributed by atoms with van der Waals surface area (Å²) in [6, 6.07) is 35.6. The Morgan fingerprint density at radius 1 is 0.530 bits per heavy atom. The number of aromatic amines is 1. The summed E-state index contributed by atoms with van der Waals surface area (Å²) >= 11 is 0. The lowest BCUT2D eigenvalue weighted by Crippen LogP contribution is -2.36. The number of methoxy groups -OCH3 is 6. The van der Waals surface area contributed by atoms with E-state index in [2.05, 4.69) is 76.3 Å². The Bertz CT molecular complexity index is 4620. The molecule has 1 aliphatic rings. The molecule has 1 aliphatic heterocycles. The number of aliphatic hydroxyl groups excluding tert-OH is 2. The smallest absolute Gasteiger partial charge is 0.124 e. The van der Waals surface area contributed by atoms with Crippen LogP contribution in [-0.4, -0.2) is 180 Å². The van der Waals surface area contributed by atoms with Gasteiger partial charge in [0.05, 0.1) is 161 Å². The summed E-state index contributed by atoms with van der Waals surface area (Å²) in [6.07, 6.45) is 18.8. The third kappa shape index (κ3) is 17.8. The van der Waals surface area contributed by atoms with Gasteiger partial charge in [0.25, 0.3) is 0 Å². The van der Waals surface area contributed by atoms with Crippen LogP contribution >= 0.6 is 13.5 Å². The van der Waals surface area contributed by atoms with Crippen molar-refractivity contribution in [2.45, 2.75) is 57.8 Å². The molecule has 0 bridgehead atoms. The standard InChI is InChI=1S/C28H34N6O2.C23H25N5O4.C23H25N5O3.H2S/c1-20-7-5-10-33(20)11-6-12-34(23-13-24(35-3)16-25(14-23)36-4)22-8-9-26-27(15-22)31-28(18-29-26)21-17-30-32(2)19-21;1-27-12-15(10-25-27)23-11-24-21-5-4-16(8-22(21)26-23)28(13-18(30)14-29)17-6-19(31-2)9-20(7-17)32-3;1-23(2,29)14-28(17-7-18(30-3)10-19(8-17)31-4)16-5-6-20-21(9-16)27-22(13-24-20)15-11-25-26-12-15;/h8-9,13-20H,5-7,10-12H2,1-4H3;4-12,18,29-30H,13-14H2,1-3H3;5-13,29H,14H2,1-4H3,(H,25,26);1H2/t20-;18-;;/m01../s1. The van der Waals surface area contributed by atoms with Crippen LogP contribution in [0.25, 0.3) is 66.9 Å². The SMILES string of the molecule is COc1cc(OC)cc(N(CC(C)(C)O)c2ccc3ncc(-c4cn[nH]c4)nc3c2)c1.COc1cc(OC)cc(N(CCCN2CCC[C@@H]2C)c2ccc3ncc(-c4cnn(C)c4)nc3c2)c1.COc1cc(OC)cc(N(C[C@@H](O)CO)c2ccc3ncc(-c4cnn(C)c4)nc3c2)c1.S. The van der Waals surface area contributed by atoms with Crippen LogP contribution in [0.3, 0.4) is 0 Å². The molecule has 2 atom stereocenters. The van der Waals surface area contributed by atoms with Crippen LogP contribution in [-0.2, 0) is 14.1 Å². The molecule has 0 saturated carbocycles. The summed E-state index contributed by atoms with van der Waals surface area (Å²) in [7, 11) is 13.5. The topological polar surface area (TPSA) is 271 Å². The van der Waals surface area contributed by atoms with Gasteiger partial charge in [-0.1, -0.05) is 0 Å². The molecular weight excluding hydrogens is 1290 g/mol. The lowest BCUT2D eigenvalue weighted by Gasteiger charge is -2.31. The third-order valence-corrected chi connectivity index (χ3v) is 16.9. The van der Waals surface area contributed by atoms with Crippen molar-refractivity contribution in [2.75, 3.05) is 96.7 Å². The van der Waals surface area contributed by atoms with Crippen LogP contribution in [0.5, 0.6) is 34.5 Å². The van der Waals surface area contributed by atoms with Gasteiger partial charge in [0.15, 0.2) is 0 Å². The van der Waals surface area contributed by atoms with Crippen LogP contribution < -0.4 is 43.1 Å². The third-order valence-electron chi connectivity index (χ3n) is 16.9. The van der Waals surface area contributed by atoms with Crippen molar-refractivity contribution in [2.24, 2.45) is 14.1 Å². The van der Waals surface area contributed by atoms with E-state index in [1.165, 1.54) is 19.4 Å². The van der Waals surface area contributed by atoms with Gasteiger partial charge in [-0.15, -0.1) is 0 Å². The van der Waals surface area contributed by atoms with E-state index in [1.807, 2.05) is 121 Å². The first-order chi connectivity index (χ1) is 47.9. The number of aromatic nitrogens is 12. The average molecular weight is 1380 g/mol. The molecule has 1 fully saturated rings. The summed E-state index contributed by atoms with van der Waals surface area (Å²) < 4.78 is 36.3. The summed E-state index contributed by atoms with van der Waals surface area (Å²) in [6.45, 7) is 9.16. The number of nitrogens with zero attached hydrogens (tertiary/aromatic N) is 15. The maximum Gasteiger partial charge on any atom is 0.124 e. The van der Waals surface area contributed by atoms with E-state index in [-0.39, 0.29) is 26.6 Å². The van der Waals surface area contributed by atoms with Crippen molar-refractivity contribution in [1.29, 1.82) is 0 Å². The van der Waals surface area contributed by atoms with Crippen LogP contribution in [0.15, 0.2) is 165 Å². The molecule has 13 rings (SSSR count). The van der Waals surface area contributed by atoms with Crippen LogP contribution in [0.2, 0.25) is 0 Å². The highest BCUT2D eigenvalue weighted by atomic mass is 32.1. The highest BCUT2D eigenvalue weighted by Crippen LogP contribution is 2.39. The van der Waals surface area contributed by atoms with Crippen molar-refractivity contribution >= 4 is 80.7 Å². The Labute approximate surface area is 588 Å². The quantitative estimate of drug-likeness (QED) is 0.0438. The first kappa shape index (κ1) is 72.1. The number of hydrogen-bond acceptors (Lipinski definition) is 22. The number of nitrogens with one attached hydrogen (secondary N) is 1. The zero-order chi connectivity index (χ0) is 69.7. The zero-order valence-electron chi connectivity index (χ0n) is 58.1. The normalized spacial score (nSPS) is 13.2. The molecule has 25 nitrogen and oxygen atoms in total. The molecule has 6 aromatic carbocycles. The van der Waals surface area contributed by atoms with Gasteiger partial charge in [0.2, 0.25) is 0 Å². The Morgan fingerprint density at radius 3 is 1.31 bits per heavy atom. The number of H-pyrrole nitrogens is 1. The fourth-order valence-corrected chi connectivity index (χ4v) is 11.8. The van der Waals surface area contributed by atoms with Gasteiger partial charge in [-0.25, -0.2) is 15.0 Å². The number of likely N-dealkylation sites (tertiary alicyclic amines) is 1. The Morgan fingerprint density at radius 2 is 0.940 bits per heavy atom. The predicted molar refractivity (Wildman–Crippen MR) is 395 cm³/mol. The molecule has 1 saturated heterocycles. The van der Waals surface area contributed by atoms with Gasteiger partial charge in [-0.05, 0) is 101 Å². The van der Waals surface area contributed by atoms with Gasteiger partial charge < -0.3 is 63.3 Å². The van der Waals surface area contributed by atoms with E-state index in [1.54, 1.807) is 109 Å². The van der Waals surface area contributed by atoms with E-state index < -0.39 is 11.7 Å². The molecule has 7 heterocycles. The van der Waals surface area contributed by atoms with Gasteiger partial charge in [-0.2, -0.15) is 28.8 Å². The van der Waals surface area contributed by atoms with Crippen molar-refractivity contribution in [3.8, 4) is 68.3 Å². The first-order valence-electron chi connectivity index (χ1n) is 32.5. The molecule has 12 aromatic rings. The summed E-state index contributed by atoms with van der Waals surface area (Å²) in [5.74, 6) is 4.09. The molecule has 522 valence electrons. The minimum Gasteiger partial charge on any atom is -0.497 e. The minimum absolute atomic E-state index is 0. The molecule has 0 radical (unpaired) electrons. The molecule has 6 aromatic heterocycles. The largest absolute Gasteiger partial charge is 0.497 e. The lowest BCUT2D eigenvalue weighted by molar-refractivity contribution is 0.0898. The van der Waals surface area contributed by atoms with Gasteiger partial charge in [0.1, 0.15) is 34.5 Å². The Balaban J connectivity index is 0.000000162.